The van der Waals surface area contributed by atoms with Crippen LogP contribution in [0.1, 0.15) is 11.5 Å². The molecule has 1 aromatic heterocycles. The summed E-state index contributed by atoms with van der Waals surface area (Å²) in [4.78, 5) is 13.4. The number of fused-ring (bicyclic) bond motifs is 1. The van der Waals surface area contributed by atoms with Gasteiger partial charge in [-0.3, -0.25) is 14.0 Å². The molecule has 0 spiro atoms. The molecule has 1 amide bonds. The van der Waals surface area contributed by atoms with E-state index in [0.29, 0.717) is 6.54 Å². The number of hydrogen-bond acceptors (Lipinski definition) is 6. The Bertz CT molecular complexity index is 904. The van der Waals surface area contributed by atoms with Crippen molar-refractivity contribution in [3.63, 3.8) is 0 Å². The second-order valence-electron chi connectivity index (χ2n) is 7.55. The smallest absolute Gasteiger partial charge is 0.414 e. The number of aromatic nitrogens is 3. The number of nitrogens with zero attached hydrogens (tertiary/aromatic N) is 4. The molecular weight excluding hydrogens is 394 g/mol. The topological polar surface area (TPSA) is 101 Å². The first-order chi connectivity index (χ1) is 13.3. The van der Waals surface area contributed by atoms with Gasteiger partial charge in [-0.05, 0) is 29.9 Å². The van der Waals surface area contributed by atoms with Gasteiger partial charge in [-0.15, -0.1) is 5.10 Å². The van der Waals surface area contributed by atoms with Crippen molar-refractivity contribution in [1.29, 1.82) is 0 Å². The first kappa shape index (κ1) is 17.8. The van der Waals surface area contributed by atoms with E-state index in [2.05, 4.69) is 10.3 Å². The Morgan fingerprint density at radius 2 is 1.89 bits per heavy atom. The van der Waals surface area contributed by atoms with E-state index in [4.69, 9.17) is 4.74 Å². The Morgan fingerprint density at radius 3 is 2.50 bits per heavy atom. The average molecular weight is 412 g/mol. The molecule has 11 heteroatoms. The van der Waals surface area contributed by atoms with Crippen molar-refractivity contribution in [3.05, 3.63) is 41.7 Å². The third-order valence-corrected chi connectivity index (χ3v) is 7.53. The van der Waals surface area contributed by atoms with Crippen LogP contribution in [0.4, 0.5) is 19.3 Å². The maximum atomic E-state index is 14.7. The predicted molar refractivity (Wildman–Crippen MR) is 96.3 cm³/mol. The van der Waals surface area contributed by atoms with Gasteiger partial charge in [0.25, 0.3) is 0 Å². The molecule has 2 saturated heterocycles. The van der Waals surface area contributed by atoms with E-state index >= 15 is 0 Å². The summed E-state index contributed by atoms with van der Waals surface area (Å²) in [5.74, 6) is -1.57. The van der Waals surface area contributed by atoms with Crippen LogP contribution in [0.2, 0.25) is 0 Å². The van der Waals surface area contributed by atoms with Crippen LogP contribution in [0.25, 0.3) is 0 Å². The number of amides is 1. The molecule has 2 aromatic rings. The van der Waals surface area contributed by atoms with Crippen LogP contribution in [0, 0.1) is 23.5 Å². The normalized spacial score (nSPS) is 31.6. The lowest BCUT2D eigenvalue weighted by Gasteiger charge is -2.29. The molecule has 3 aliphatic rings. The second-order valence-corrected chi connectivity index (χ2v) is 9.82. The molecular formula is C17H18F2N4O4S. The molecule has 1 saturated carbocycles. The van der Waals surface area contributed by atoms with Crippen LogP contribution in [0.3, 0.4) is 0 Å². The summed E-state index contributed by atoms with van der Waals surface area (Å²) in [6.07, 6.45) is 1.96. The van der Waals surface area contributed by atoms with Gasteiger partial charge in [-0.25, -0.2) is 18.3 Å². The van der Waals surface area contributed by atoms with E-state index in [0.717, 1.165) is 12.1 Å². The molecule has 0 radical (unpaired) electrons. The van der Waals surface area contributed by atoms with Crippen LogP contribution in [-0.2, 0) is 11.3 Å². The molecule has 0 bridgehead atoms. The van der Waals surface area contributed by atoms with Crippen molar-refractivity contribution in [3.8, 4) is 0 Å². The van der Waals surface area contributed by atoms with Crippen LogP contribution in [0.15, 0.2) is 24.5 Å². The zero-order chi connectivity index (χ0) is 19.6. The van der Waals surface area contributed by atoms with Gasteiger partial charge in [0.2, 0.25) is 0 Å². The van der Waals surface area contributed by atoms with E-state index in [-0.39, 0.29) is 47.1 Å². The maximum Gasteiger partial charge on any atom is 0.414 e. The van der Waals surface area contributed by atoms with Crippen molar-refractivity contribution >= 4 is 22.4 Å². The Balaban J connectivity index is 1.34. The molecule has 2 N–H and O–H groups in total. The highest BCUT2D eigenvalue weighted by Crippen LogP contribution is 2.69. The van der Waals surface area contributed by atoms with Crippen LogP contribution in [-0.4, -0.2) is 54.3 Å². The number of carbonyl (C=O) groups is 1. The van der Waals surface area contributed by atoms with E-state index < -0.39 is 34.4 Å². The number of ether oxygens (including phenoxy) is 1. The Kier molecular flexibility index (Phi) is 3.90. The zero-order valence-electron chi connectivity index (χ0n) is 14.6. The minimum absolute atomic E-state index is 0.0274. The standard InChI is InChI=1S/C17H18F2N4O4S/c18-13-3-9(23-6-10(27-17(23)24)5-22-2-1-20-21-22)4-14(19)16(13)15-11-7-28(25,26)8-12(11)15/h1-4,10-12,15,25-26H,5-8H2/t10-,11-,12+,15?/m0/s1. The molecule has 2 aliphatic heterocycles. The number of anilines is 1. The lowest BCUT2D eigenvalue weighted by molar-refractivity contribution is 0.129. The molecule has 1 aliphatic carbocycles. The Hall–Kier alpha value is -2.24. The highest BCUT2D eigenvalue weighted by atomic mass is 32.3. The highest BCUT2D eigenvalue weighted by Gasteiger charge is 2.60. The summed E-state index contributed by atoms with van der Waals surface area (Å²) >= 11 is 0. The highest BCUT2D eigenvalue weighted by molar-refractivity contribution is 8.24. The summed E-state index contributed by atoms with van der Waals surface area (Å²) < 4.78 is 55.7. The second kappa shape index (κ2) is 6.13. The van der Waals surface area contributed by atoms with Crippen molar-refractivity contribution < 1.29 is 27.4 Å². The molecule has 28 heavy (non-hydrogen) atoms. The van der Waals surface area contributed by atoms with Crippen molar-refractivity contribution in [2.24, 2.45) is 11.8 Å². The zero-order valence-corrected chi connectivity index (χ0v) is 15.4. The predicted octanol–water partition coefficient (Wildman–Crippen LogP) is 2.68. The van der Waals surface area contributed by atoms with Crippen LogP contribution < -0.4 is 4.90 Å². The fourth-order valence-electron chi connectivity index (χ4n) is 4.42. The molecule has 1 aromatic carbocycles. The summed E-state index contributed by atoms with van der Waals surface area (Å²) in [5.41, 5.74) is 0.0697. The van der Waals surface area contributed by atoms with Gasteiger partial charge in [0.05, 0.1) is 25.0 Å². The molecule has 4 atom stereocenters. The summed E-state index contributed by atoms with van der Waals surface area (Å²) in [7, 11) is -2.59. The number of benzene rings is 1. The van der Waals surface area contributed by atoms with Gasteiger partial charge >= 0.3 is 6.09 Å². The first-order valence-corrected chi connectivity index (χ1v) is 10.8. The number of hydrogen-bond donors (Lipinski definition) is 2. The maximum absolute atomic E-state index is 14.7. The first-order valence-electron chi connectivity index (χ1n) is 8.87. The van der Waals surface area contributed by atoms with Gasteiger partial charge in [0.15, 0.2) is 0 Å². The van der Waals surface area contributed by atoms with Crippen LogP contribution >= 0.6 is 10.6 Å². The van der Waals surface area contributed by atoms with E-state index in [1.54, 1.807) is 6.20 Å². The minimum atomic E-state index is -2.59. The van der Waals surface area contributed by atoms with E-state index in [9.17, 15) is 22.7 Å². The Labute approximate surface area is 160 Å². The molecule has 1 unspecified atom stereocenters. The van der Waals surface area contributed by atoms with Gasteiger partial charge in [-0.1, -0.05) is 5.21 Å². The number of rotatable bonds is 4. The van der Waals surface area contributed by atoms with E-state index in [1.807, 2.05) is 0 Å². The SMILES string of the molecule is O=C1O[C@@H](Cn2ccnn2)CN1c1cc(F)c(C2[C@H]3CS(O)(O)C[C@@H]23)c(F)c1. The van der Waals surface area contributed by atoms with E-state index in [1.165, 1.54) is 15.8 Å². The lowest BCUT2D eigenvalue weighted by atomic mass is 10.1. The van der Waals surface area contributed by atoms with Gasteiger partial charge in [0.1, 0.15) is 17.7 Å². The number of cyclic esters (lactones) is 1. The quantitative estimate of drug-likeness (QED) is 0.801. The third kappa shape index (κ3) is 2.93. The molecule has 8 nitrogen and oxygen atoms in total. The molecule has 3 fully saturated rings. The van der Waals surface area contributed by atoms with Gasteiger partial charge in [0, 0.05) is 23.3 Å². The lowest BCUT2D eigenvalue weighted by Crippen LogP contribution is -2.26. The monoisotopic (exact) mass is 412 g/mol. The molecule has 5 rings (SSSR count). The van der Waals surface area contributed by atoms with Crippen molar-refractivity contribution in [2.75, 3.05) is 23.0 Å². The molecule has 150 valence electrons. The Morgan fingerprint density at radius 1 is 1.21 bits per heavy atom. The fourth-order valence-corrected chi connectivity index (χ4v) is 6.70. The minimum Gasteiger partial charge on any atom is -0.442 e. The number of carbonyl (C=O) groups excluding carboxylic acids is 1. The third-order valence-electron chi connectivity index (χ3n) is 5.70. The fraction of sp³-hybridized carbons (Fsp3) is 0.471. The summed E-state index contributed by atoms with van der Waals surface area (Å²) in [6.45, 7) is 0.440. The summed E-state index contributed by atoms with van der Waals surface area (Å²) in [6, 6.07) is 2.28. The number of halogens is 2. The average Bonchev–Trinajstić information content (AvgIpc) is 3.05. The van der Waals surface area contributed by atoms with Crippen LogP contribution in [0.5, 0.6) is 0 Å². The van der Waals surface area contributed by atoms with Gasteiger partial charge < -0.3 is 4.74 Å². The van der Waals surface area contributed by atoms with Crippen molar-refractivity contribution in [2.45, 2.75) is 18.6 Å². The van der Waals surface area contributed by atoms with Gasteiger partial charge in [-0.2, -0.15) is 10.6 Å². The molecule has 3 heterocycles. The largest absolute Gasteiger partial charge is 0.442 e. The summed E-state index contributed by atoms with van der Waals surface area (Å²) in [5, 5.41) is 7.49. The van der Waals surface area contributed by atoms with Crippen molar-refractivity contribution in [1.82, 2.24) is 15.0 Å².